The molecule has 2 saturated heterocycles. The van der Waals surface area contributed by atoms with Crippen molar-refractivity contribution in [2.24, 2.45) is 17.3 Å². The largest absolute Gasteiger partial charge is 0.0723 e. The zero-order valence-electron chi connectivity index (χ0n) is 9.80. The minimum atomic E-state index is -0.533. The van der Waals surface area contributed by atoms with E-state index in [1.807, 2.05) is 0 Å². The van der Waals surface area contributed by atoms with E-state index in [2.05, 4.69) is 34.1 Å². The van der Waals surface area contributed by atoms with Gasteiger partial charge in [0.05, 0.1) is 11.8 Å². The van der Waals surface area contributed by atoms with E-state index in [4.69, 9.17) is 0 Å². The van der Waals surface area contributed by atoms with Crippen molar-refractivity contribution in [3.05, 3.63) is 0 Å². The first-order valence-corrected chi connectivity index (χ1v) is 8.62. The first kappa shape index (κ1) is 9.97. The molecule has 0 radical (unpaired) electrons. The molecule has 0 spiro atoms. The molecule has 2 heterocycles. The Morgan fingerprint density at radius 1 is 1.15 bits per heavy atom. The summed E-state index contributed by atoms with van der Waals surface area (Å²) in [6, 6.07) is 0. The molecule has 0 N–H and O–H groups in total. The predicted molar refractivity (Wildman–Crippen MR) is 63.1 cm³/mol. The maximum atomic E-state index is 2.59. The summed E-state index contributed by atoms with van der Waals surface area (Å²) in [6.45, 7) is 12.7. The van der Waals surface area contributed by atoms with Gasteiger partial charge < -0.3 is 0 Å². The Balaban J connectivity index is 2.32. The van der Waals surface area contributed by atoms with E-state index in [9.17, 15) is 0 Å². The second kappa shape index (κ2) is 2.72. The summed E-state index contributed by atoms with van der Waals surface area (Å²) in [5, 5.41) is 0. The Kier molecular flexibility index (Phi) is 2.09. The standard InChI is InChI=1S/C12H24P/c1-9-11-7-6-10(12(9,2)3)8-13(11,4)5/h9-11H,6-8H2,1-5H3/q+1/t9-,10+,11+/m0/s1. The molecule has 1 heteroatoms. The van der Waals surface area contributed by atoms with E-state index >= 15 is 0 Å². The van der Waals surface area contributed by atoms with Crippen LogP contribution in [0.2, 0.25) is 0 Å². The van der Waals surface area contributed by atoms with Crippen molar-refractivity contribution in [1.29, 1.82) is 0 Å². The van der Waals surface area contributed by atoms with Gasteiger partial charge >= 0.3 is 0 Å². The van der Waals surface area contributed by atoms with Crippen LogP contribution in [-0.4, -0.2) is 25.2 Å². The first-order valence-electron chi connectivity index (χ1n) is 5.68. The van der Waals surface area contributed by atoms with Gasteiger partial charge in [-0.05, 0) is 30.1 Å². The topological polar surface area (TPSA) is 0 Å². The van der Waals surface area contributed by atoms with Crippen LogP contribution < -0.4 is 0 Å². The highest BCUT2D eigenvalue weighted by Crippen LogP contribution is 2.72. The third-order valence-corrected chi connectivity index (χ3v) is 9.09. The summed E-state index contributed by atoms with van der Waals surface area (Å²) < 4.78 is 0. The highest BCUT2D eigenvalue weighted by molar-refractivity contribution is 7.75. The molecule has 3 aliphatic rings. The van der Waals surface area contributed by atoms with Crippen LogP contribution in [-0.2, 0) is 0 Å². The monoisotopic (exact) mass is 199 g/mol. The summed E-state index contributed by atoms with van der Waals surface area (Å²) in [4.78, 5) is 0. The van der Waals surface area contributed by atoms with Gasteiger partial charge in [0, 0.05) is 20.6 Å². The molecule has 13 heavy (non-hydrogen) atoms. The van der Waals surface area contributed by atoms with E-state index in [1.165, 1.54) is 12.8 Å². The van der Waals surface area contributed by atoms with E-state index in [0.29, 0.717) is 5.41 Å². The average molecular weight is 199 g/mol. The number of fused-ring (bicyclic) bond motifs is 3. The zero-order chi connectivity index (χ0) is 9.85. The molecule has 0 unspecified atom stereocenters. The average Bonchev–Trinajstić information content (AvgIpc) is 1.98. The SMILES string of the molecule is C[C@H]1[C@H]2CC[C@H](C[P+]2(C)C)C1(C)C. The van der Waals surface area contributed by atoms with Crippen LogP contribution in [0.15, 0.2) is 0 Å². The van der Waals surface area contributed by atoms with E-state index in [1.54, 1.807) is 6.16 Å². The molecule has 0 aromatic heterocycles. The Hall–Kier alpha value is 0.430. The number of rotatable bonds is 0. The van der Waals surface area contributed by atoms with Crippen LogP contribution in [0.25, 0.3) is 0 Å². The van der Waals surface area contributed by atoms with Gasteiger partial charge in [0.15, 0.2) is 0 Å². The molecule has 0 aromatic carbocycles. The summed E-state index contributed by atoms with van der Waals surface area (Å²) in [5.41, 5.74) is 1.73. The molecular formula is C12H24P+. The summed E-state index contributed by atoms with van der Waals surface area (Å²) in [7, 11) is -0.533. The molecule has 3 atom stereocenters. The van der Waals surface area contributed by atoms with Gasteiger partial charge in [-0.1, -0.05) is 20.8 Å². The van der Waals surface area contributed by atoms with Crippen molar-refractivity contribution < 1.29 is 0 Å². The van der Waals surface area contributed by atoms with E-state index in [-0.39, 0.29) is 0 Å². The van der Waals surface area contributed by atoms with Gasteiger partial charge in [0.25, 0.3) is 0 Å². The minimum Gasteiger partial charge on any atom is -0.0591 e. The molecule has 1 saturated carbocycles. The van der Waals surface area contributed by atoms with Gasteiger partial charge in [-0.25, -0.2) is 0 Å². The molecular weight excluding hydrogens is 175 g/mol. The van der Waals surface area contributed by atoms with Crippen LogP contribution in [0.4, 0.5) is 0 Å². The van der Waals surface area contributed by atoms with Crippen molar-refractivity contribution in [2.75, 3.05) is 19.5 Å². The fraction of sp³-hybridized carbons (Fsp3) is 1.00. The second-order valence-electron chi connectivity index (χ2n) is 6.41. The maximum Gasteiger partial charge on any atom is 0.0723 e. The summed E-state index contributed by atoms with van der Waals surface area (Å²) in [5.74, 6) is 2.01. The van der Waals surface area contributed by atoms with Gasteiger partial charge in [0.1, 0.15) is 0 Å². The van der Waals surface area contributed by atoms with Crippen molar-refractivity contribution in [3.63, 3.8) is 0 Å². The normalized spacial score (nSPS) is 46.4. The molecule has 2 bridgehead atoms. The van der Waals surface area contributed by atoms with Crippen LogP contribution >= 0.6 is 7.26 Å². The molecule has 0 aromatic rings. The van der Waals surface area contributed by atoms with Crippen molar-refractivity contribution in [1.82, 2.24) is 0 Å². The molecule has 3 rings (SSSR count). The minimum absolute atomic E-state index is 0.533. The lowest BCUT2D eigenvalue weighted by molar-refractivity contribution is 0.0749. The van der Waals surface area contributed by atoms with Crippen LogP contribution in [0.3, 0.4) is 0 Å². The van der Waals surface area contributed by atoms with Gasteiger partial charge in [-0.2, -0.15) is 0 Å². The van der Waals surface area contributed by atoms with Crippen LogP contribution in [0.1, 0.15) is 33.6 Å². The van der Waals surface area contributed by atoms with Gasteiger partial charge in [-0.3, -0.25) is 0 Å². The molecule has 0 nitrogen and oxygen atoms in total. The highest BCUT2D eigenvalue weighted by Gasteiger charge is 2.58. The predicted octanol–water partition coefficient (Wildman–Crippen LogP) is 3.72. The van der Waals surface area contributed by atoms with Crippen LogP contribution in [0, 0.1) is 17.3 Å². The van der Waals surface area contributed by atoms with Crippen LogP contribution in [0.5, 0.6) is 0 Å². The zero-order valence-corrected chi connectivity index (χ0v) is 10.7. The third-order valence-electron chi connectivity index (χ3n) is 5.20. The maximum absolute atomic E-state index is 2.59. The van der Waals surface area contributed by atoms with Crippen molar-refractivity contribution in [2.45, 2.75) is 39.3 Å². The summed E-state index contributed by atoms with van der Waals surface area (Å²) >= 11 is 0. The molecule has 3 fully saturated rings. The van der Waals surface area contributed by atoms with Gasteiger partial charge in [-0.15, -0.1) is 0 Å². The lowest BCUT2D eigenvalue weighted by Crippen LogP contribution is -2.50. The summed E-state index contributed by atoms with van der Waals surface area (Å²) in [6.07, 6.45) is 4.64. The van der Waals surface area contributed by atoms with Gasteiger partial charge in [0.2, 0.25) is 0 Å². The smallest absolute Gasteiger partial charge is 0.0591 e. The lowest BCUT2D eigenvalue weighted by atomic mass is 9.63. The fourth-order valence-corrected chi connectivity index (χ4v) is 8.35. The Bertz CT molecular complexity index is 213. The first-order chi connectivity index (χ1) is 5.86. The van der Waals surface area contributed by atoms with E-state index in [0.717, 1.165) is 17.5 Å². The highest BCUT2D eigenvalue weighted by atomic mass is 31.2. The van der Waals surface area contributed by atoms with Crippen molar-refractivity contribution in [3.8, 4) is 0 Å². The Morgan fingerprint density at radius 3 is 2.15 bits per heavy atom. The Morgan fingerprint density at radius 2 is 1.77 bits per heavy atom. The third kappa shape index (κ3) is 1.29. The Labute approximate surface area is 83.8 Å². The number of hydrogen-bond donors (Lipinski definition) is 0. The van der Waals surface area contributed by atoms with E-state index < -0.39 is 7.26 Å². The van der Waals surface area contributed by atoms with Crippen molar-refractivity contribution >= 4 is 7.26 Å². The molecule has 2 aliphatic heterocycles. The second-order valence-corrected chi connectivity index (χ2v) is 11.0. The lowest BCUT2D eigenvalue weighted by Gasteiger charge is -2.56. The quantitative estimate of drug-likeness (QED) is 0.522. The molecule has 76 valence electrons. The fourth-order valence-electron chi connectivity index (χ4n) is 3.85. The molecule has 0 amide bonds. The molecule has 1 aliphatic carbocycles. The number of hydrogen-bond acceptors (Lipinski definition) is 0.